The number of carbonyl (C=O) groups excluding carboxylic acids is 4. The second-order valence-electron chi connectivity index (χ2n) is 2.88. The Balaban J connectivity index is 2.10. The van der Waals surface area contributed by atoms with Crippen LogP contribution in [-0.4, -0.2) is 33.4 Å². The Hall–Kier alpha value is -2.24. The van der Waals surface area contributed by atoms with E-state index in [1.54, 1.807) is 0 Å². The largest absolute Gasteiger partial charge is 0.269 e. The molecule has 2 aliphatic heterocycles. The summed E-state index contributed by atoms with van der Waals surface area (Å²) in [5.41, 5.74) is 0. The van der Waals surface area contributed by atoms with Crippen LogP contribution in [0.3, 0.4) is 0 Å². The molecular weight excluding hydrogens is 200 g/mol. The lowest BCUT2D eigenvalue weighted by Crippen LogP contribution is -2.39. The van der Waals surface area contributed by atoms with E-state index >= 15 is 0 Å². The zero-order chi connectivity index (χ0) is 11.0. The molecule has 0 bridgehead atoms. The van der Waals surface area contributed by atoms with Crippen molar-refractivity contribution in [1.29, 1.82) is 0 Å². The van der Waals surface area contributed by atoms with Crippen LogP contribution in [0.5, 0.6) is 0 Å². The van der Waals surface area contributed by atoms with Crippen LogP contribution in [0, 0.1) is 6.67 Å². The Morgan fingerprint density at radius 1 is 0.667 bits per heavy atom. The second-order valence-corrected chi connectivity index (χ2v) is 2.88. The Kier molecular flexibility index (Phi) is 1.96. The Labute approximate surface area is 84.4 Å². The smallest absolute Gasteiger partial charge is 0.255 e. The van der Waals surface area contributed by atoms with Crippen LogP contribution in [0.25, 0.3) is 0 Å². The van der Waals surface area contributed by atoms with Crippen molar-refractivity contribution < 1.29 is 19.2 Å². The summed E-state index contributed by atoms with van der Waals surface area (Å²) in [6, 6.07) is 0. The molecule has 4 amide bonds. The van der Waals surface area contributed by atoms with Gasteiger partial charge in [-0.2, -0.15) is 0 Å². The summed E-state index contributed by atoms with van der Waals surface area (Å²) < 4.78 is 0. The van der Waals surface area contributed by atoms with Crippen LogP contribution in [0.1, 0.15) is 0 Å². The zero-order valence-electron chi connectivity index (χ0n) is 7.41. The lowest BCUT2D eigenvalue weighted by atomic mass is 10.5. The maximum absolute atomic E-state index is 11.1. The summed E-state index contributed by atoms with van der Waals surface area (Å²) in [5.74, 6) is -2.31. The maximum atomic E-state index is 11.1. The number of rotatable bonds is 2. The third-order valence-corrected chi connectivity index (χ3v) is 1.92. The molecule has 0 unspecified atom stereocenters. The minimum atomic E-state index is -0.576. The molecule has 0 aromatic heterocycles. The molecule has 2 heterocycles. The summed E-state index contributed by atoms with van der Waals surface area (Å²) in [6.07, 6.45) is 4.27. The predicted octanol–water partition coefficient (Wildman–Crippen LogP) is -1.04. The van der Waals surface area contributed by atoms with Crippen LogP contribution < -0.4 is 0 Å². The van der Waals surface area contributed by atoms with Gasteiger partial charge in [-0.05, 0) is 0 Å². The molecule has 0 N–H and O–H groups in total. The number of carbonyl (C=O) groups is 4. The minimum absolute atomic E-state index is 0.576. The van der Waals surface area contributed by atoms with Gasteiger partial charge in [-0.25, -0.2) is 9.80 Å². The molecule has 0 aromatic carbocycles. The van der Waals surface area contributed by atoms with E-state index in [0.29, 0.717) is 9.80 Å². The highest BCUT2D eigenvalue weighted by atomic mass is 16.2. The average Bonchev–Trinajstić information content (AvgIpc) is 2.67. The molecule has 2 rings (SSSR count). The van der Waals surface area contributed by atoms with Crippen LogP contribution in [0.2, 0.25) is 0 Å². The first kappa shape index (κ1) is 9.32. The third kappa shape index (κ3) is 1.45. The molecule has 1 radical (unpaired) electrons. The number of hydrogen-bond acceptors (Lipinski definition) is 4. The molecule has 0 fully saturated rings. The highest BCUT2D eigenvalue weighted by Crippen LogP contribution is 2.13. The predicted molar refractivity (Wildman–Crippen MR) is 46.3 cm³/mol. The summed E-state index contributed by atoms with van der Waals surface area (Å²) in [4.78, 5) is 45.8. The number of imide groups is 2. The molecule has 0 aliphatic carbocycles. The molecule has 0 spiro atoms. The lowest BCUT2D eigenvalue weighted by Gasteiger charge is -2.19. The highest BCUT2D eigenvalue weighted by Gasteiger charge is 2.32. The van der Waals surface area contributed by atoms with Crippen molar-refractivity contribution in [2.45, 2.75) is 0 Å². The molecule has 0 aromatic rings. The normalized spacial score (nSPS) is 20.0. The van der Waals surface area contributed by atoms with Crippen molar-refractivity contribution in [3.8, 4) is 0 Å². The van der Waals surface area contributed by atoms with Gasteiger partial charge in [0.05, 0.1) is 0 Å². The molecule has 15 heavy (non-hydrogen) atoms. The highest BCUT2D eigenvalue weighted by molar-refractivity contribution is 6.16. The van der Waals surface area contributed by atoms with Gasteiger partial charge in [-0.1, -0.05) is 0 Å². The summed E-state index contributed by atoms with van der Waals surface area (Å²) in [5, 5.41) is 0. The first-order valence-electron chi connectivity index (χ1n) is 4.05. The van der Waals surface area contributed by atoms with E-state index in [2.05, 4.69) is 0 Å². The molecule has 6 nitrogen and oxygen atoms in total. The van der Waals surface area contributed by atoms with Gasteiger partial charge in [0.25, 0.3) is 23.6 Å². The van der Waals surface area contributed by atoms with Gasteiger partial charge in [0.2, 0.25) is 0 Å². The van der Waals surface area contributed by atoms with Crippen LogP contribution in [-0.2, 0) is 19.2 Å². The summed E-state index contributed by atoms with van der Waals surface area (Å²) in [6.45, 7) is 0.898. The van der Waals surface area contributed by atoms with Crippen molar-refractivity contribution in [3.63, 3.8) is 0 Å². The van der Waals surface area contributed by atoms with E-state index in [1.807, 2.05) is 0 Å². The molecular formula is C9H5N2O4. The first-order chi connectivity index (χ1) is 7.09. The molecule has 75 valence electrons. The first-order valence-corrected chi connectivity index (χ1v) is 4.05. The van der Waals surface area contributed by atoms with Crippen LogP contribution in [0.4, 0.5) is 0 Å². The number of hydrogen-bond donors (Lipinski definition) is 0. The SMILES string of the molecule is O=C1C=CC(=O)N1[CH]N1C(=O)C=CC1=O. The van der Waals surface area contributed by atoms with E-state index in [-0.39, 0.29) is 0 Å². The Morgan fingerprint density at radius 3 is 1.20 bits per heavy atom. The fourth-order valence-corrected chi connectivity index (χ4v) is 1.17. The molecule has 6 heteroatoms. The van der Waals surface area contributed by atoms with E-state index < -0.39 is 23.6 Å². The van der Waals surface area contributed by atoms with E-state index in [1.165, 1.54) is 0 Å². The number of amides is 4. The van der Waals surface area contributed by atoms with Crippen LogP contribution >= 0.6 is 0 Å². The Bertz CT molecular complexity index is 359. The van der Waals surface area contributed by atoms with Gasteiger partial charge < -0.3 is 0 Å². The monoisotopic (exact) mass is 205 g/mol. The maximum Gasteiger partial charge on any atom is 0.255 e. The van der Waals surface area contributed by atoms with Crippen molar-refractivity contribution in [2.75, 3.05) is 0 Å². The minimum Gasteiger partial charge on any atom is -0.269 e. The van der Waals surface area contributed by atoms with Crippen molar-refractivity contribution in [2.24, 2.45) is 0 Å². The van der Waals surface area contributed by atoms with Gasteiger partial charge in [-0.3, -0.25) is 19.2 Å². The third-order valence-electron chi connectivity index (χ3n) is 1.92. The van der Waals surface area contributed by atoms with Crippen molar-refractivity contribution in [1.82, 2.24) is 9.80 Å². The van der Waals surface area contributed by atoms with E-state index in [0.717, 1.165) is 31.0 Å². The van der Waals surface area contributed by atoms with Gasteiger partial charge in [0.15, 0.2) is 6.67 Å². The standard InChI is InChI=1S/C9H5N2O4/c12-6-1-2-7(13)10(6)5-11-8(14)3-4-9(11)15/h1-5H. The van der Waals surface area contributed by atoms with Gasteiger partial charge in [0.1, 0.15) is 0 Å². The topological polar surface area (TPSA) is 74.8 Å². The van der Waals surface area contributed by atoms with E-state index in [9.17, 15) is 19.2 Å². The lowest BCUT2D eigenvalue weighted by molar-refractivity contribution is -0.141. The van der Waals surface area contributed by atoms with Crippen LogP contribution in [0.15, 0.2) is 24.3 Å². The quantitative estimate of drug-likeness (QED) is 0.539. The number of nitrogens with zero attached hydrogens (tertiary/aromatic N) is 2. The van der Waals surface area contributed by atoms with Crippen molar-refractivity contribution >= 4 is 23.6 Å². The van der Waals surface area contributed by atoms with Gasteiger partial charge in [0, 0.05) is 24.3 Å². The van der Waals surface area contributed by atoms with E-state index in [4.69, 9.17) is 0 Å². The zero-order valence-corrected chi connectivity index (χ0v) is 7.41. The fourth-order valence-electron chi connectivity index (χ4n) is 1.17. The second kappa shape index (κ2) is 3.16. The Morgan fingerprint density at radius 2 is 0.933 bits per heavy atom. The summed E-state index contributed by atoms with van der Waals surface area (Å²) >= 11 is 0. The fraction of sp³-hybridized carbons (Fsp3) is 0. The van der Waals surface area contributed by atoms with Gasteiger partial charge in [-0.15, -0.1) is 0 Å². The van der Waals surface area contributed by atoms with Gasteiger partial charge >= 0.3 is 0 Å². The summed E-state index contributed by atoms with van der Waals surface area (Å²) in [7, 11) is 0. The molecule has 0 saturated heterocycles. The molecule has 2 aliphatic rings. The van der Waals surface area contributed by atoms with Crippen molar-refractivity contribution in [3.05, 3.63) is 31.0 Å². The average molecular weight is 205 g/mol. The molecule has 0 atom stereocenters. The molecule has 0 saturated carbocycles.